The first kappa shape index (κ1) is 14.7. The normalized spacial score (nSPS) is 10.2. The molecule has 0 spiro atoms. The second-order valence-corrected chi connectivity index (χ2v) is 5.42. The summed E-state index contributed by atoms with van der Waals surface area (Å²) in [6.45, 7) is 0. The van der Waals surface area contributed by atoms with Gasteiger partial charge in [0.25, 0.3) is 5.91 Å². The van der Waals surface area contributed by atoms with Gasteiger partial charge in [0.15, 0.2) is 0 Å². The summed E-state index contributed by atoms with van der Waals surface area (Å²) in [4.78, 5) is 11.6. The summed E-state index contributed by atoms with van der Waals surface area (Å²) in [5.41, 5.74) is 8.42. The molecule has 0 bridgehead atoms. The van der Waals surface area contributed by atoms with Crippen LogP contribution in [0.1, 0.15) is 10.4 Å². The predicted molar refractivity (Wildman–Crippen MR) is 86.7 cm³/mol. The molecule has 2 rings (SSSR count). The Kier molecular flexibility index (Phi) is 4.52. The first-order valence-corrected chi connectivity index (χ1v) is 7.02. The minimum absolute atomic E-state index is 0.168. The molecule has 0 aliphatic carbocycles. The van der Waals surface area contributed by atoms with Crippen molar-refractivity contribution in [2.45, 2.75) is 0 Å². The zero-order valence-electron chi connectivity index (χ0n) is 10.7. The number of nitrogens with one attached hydrogen (secondary N) is 2. The number of anilines is 3. The zero-order valence-corrected chi connectivity index (χ0v) is 13.0. The van der Waals surface area contributed by atoms with Gasteiger partial charge in [-0.2, -0.15) is 0 Å². The fraction of sp³-hybridized carbons (Fsp3) is 0.0714. The Labute approximate surface area is 130 Å². The van der Waals surface area contributed by atoms with E-state index in [1.807, 2.05) is 6.07 Å². The number of nitrogens with two attached hydrogens (primary N) is 1. The number of carbonyl (C=O) groups excluding carboxylic acids is 1. The number of rotatable bonds is 3. The number of hydrogen-bond donors (Lipinski definition) is 3. The number of carbonyl (C=O) groups is 1. The summed E-state index contributed by atoms with van der Waals surface area (Å²) >= 11 is 9.40. The summed E-state index contributed by atoms with van der Waals surface area (Å²) in [6, 6.07) is 10.4. The lowest BCUT2D eigenvalue weighted by Crippen LogP contribution is -2.18. The minimum atomic E-state index is -0.168. The molecule has 4 nitrogen and oxygen atoms in total. The summed E-state index contributed by atoms with van der Waals surface area (Å²) in [6.07, 6.45) is 0. The number of nitrogen functional groups attached to an aromatic ring is 1. The van der Waals surface area contributed by atoms with Gasteiger partial charge in [-0.25, -0.2) is 0 Å². The molecule has 4 N–H and O–H groups in total. The second kappa shape index (κ2) is 6.15. The quantitative estimate of drug-likeness (QED) is 0.735. The van der Waals surface area contributed by atoms with Gasteiger partial charge in [-0.3, -0.25) is 4.79 Å². The predicted octanol–water partition coefficient (Wildman–Crippen LogP) is 3.79. The summed E-state index contributed by atoms with van der Waals surface area (Å²) < 4.78 is 0.853. The van der Waals surface area contributed by atoms with Crippen LogP contribution in [0.5, 0.6) is 0 Å². The molecule has 0 saturated heterocycles. The molecule has 2 aromatic rings. The maximum atomic E-state index is 11.6. The maximum absolute atomic E-state index is 11.6. The van der Waals surface area contributed by atoms with E-state index in [2.05, 4.69) is 26.6 Å². The van der Waals surface area contributed by atoms with Crippen LogP contribution in [0.2, 0.25) is 5.02 Å². The van der Waals surface area contributed by atoms with Crippen LogP contribution < -0.4 is 16.4 Å². The van der Waals surface area contributed by atoms with Gasteiger partial charge in [0.05, 0.1) is 17.1 Å². The van der Waals surface area contributed by atoms with Crippen LogP contribution >= 0.6 is 27.5 Å². The summed E-state index contributed by atoms with van der Waals surface area (Å²) in [5.74, 6) is -0.168. The van der Waals surface area contributed by atoms with Crippen molar-refractivity contribution in [1.82, 2.24) is 5.32 Å². The average Bonchev–Trinajstić information content (AvgIpc) is 2.44. The molecule has 6 heteroatoms. The van der Waals surface area contributed by atoms with Gasteiger partial charge in [0, 0.05) is 22.1 Å². The molecule has 0 atom stereocenters. The molecule has 0 heterocycles. The number of amides is 1. The van der Waals surface area contributed by atoms with Crippen molar-refractivity contribution in [3.63, 3.8) is 0 Å². The highest BCUT2D eigenvalue weighted by Crippen LogP contribution is 2.31. The van der Waals surface area contributed by atoms with Crippen LogP contribution in [-0.2, 0) is 0 Å². The Balaban J connectivity index is 2.37. The largest absolute Gasteiger partial charge is 0.397 e. The zero-order chi connectivity index (χ0) is 14.7. The van der Waals surface area contributed by atoms with Crippen molar-refractivity contribution in [1.29, 1.82) is 0 Å². The highest BCUT2D eigenvalue weighted by atomic mass is 79.9. The molecule has 0 saturated carbocycles. The molecule has 0 radical (unpaired) electrons. The van der Waals surface area contributed by atoms with Crippen LogP contribution in [0, 0.1) is 0 Å². The van der Waals surface area contributed by atoms with Gasteiger partial charge in [-0.1, -0.05) is 11.6 Å². The Bertz CT molecular complexity index is 661. The molecule has 0 aliphatic heterocycles. The van der Waals surface area contributed by atoms with E-state index in [4.69, 9.17) is 17.3 Å². The maximum Gasteiger partial charge on any atom is 0.251 e. The van der Waals surface area contributed by atoms with Crippen LogP contribution in [0.3, 0.4) is 0 Å². The van der Waals surface area contributed by atoms with E-state index < -0.39 is 0 Å². The van der Waals surface area contributed by atoms with E-state index in [1.165, 1.54) is 0 Å². The standard InChI is InChI=1S/C14H13BrClN3O/c1-18-14(20)8-2-5-11(17)13(6-8)19-12-7-9(16)3-4-10(12)15/h2-7,19H,17H2,1H3,(H,18,20). The van der Waals surface area contributed by atoms with Gasteiger partial charge in [0.2, 0.25) is 0 Å². The van der Waals surface area contributed by atoms with Crippen LogP contribution in [-0.4, -0.2) is 13.0 Å². The smallest absolute Gasteiger partial charge is 0.251 e. The molecule has 0 unspecified atom stereocenters. The van der Waals surface area contributed by atoms with Crippen molar-refractivity contribution in [3.05, 3.63) is 51.5 Å². The van der Waals surface area contributed by atoms with Gasteiger partial charge in [-0.05, 0) is 52.3 Å². The molecule has 0 aliphatic rings. The topological polar surface area (TPSA) is 67.2 Å². The Hall–Kier alpha value is -1.72. The van der Waals surface area contributed by atoms with E-state index in [1.54, 1.807) is 37.4 Å². The van der Waals surface area contributed by atoms with Gasteiger partial charge in [0.1, 0.15) is 0 Å². The lowest BCUT2D eigenvalue weighted by Gasteiger charge is -2.12. The van der Waals surface area contributed by atoms with Crippen molar-refractivity contribution >= 4 is 50.5 Å². The van der Waals surface area contributed by atoms with Crippen molar-refractivity contribution in [2.24, 2.45) is 0 Å². The summed E-state index contributed by atoms with van der Waals surface area (Å²) in [5, 5.41) is 6.35. The van der Waals surface area contributed by atoms with E-state index in [-0.39, 0.29) is 5.91 Å². The van der Waals surface area contributed by atoms with Crippen molar-refractivity contribution < 1.29 is 4.79 Å². The van der Waals surface area contributed by atoms with E-state index >= 15 is 0 Å². The van der Waals surface area contributed by atoms with Gasteiger partial charge in [-0.15, -0.1) is 0 Å². The van der Waals surface area contributed by atoms with Gasteiger partial charge >= 0.3 is 0 Å². The second-order valence-electron chi connectivity index (χ2n) is 4.13. The molecule has 20 heavy (non-hydrogen) atoms. The fourth-order valence-corrected chi connectivity index (χ4v) is 2.21. The highest BCUT2D eigenvalue weighted by Gasteiger charge is 2.08. The van der Waals surface area contributed by atoms with Crippen molar-refractivity contribution in [3.8, 4) is 0 Å². The average molecular weight is 355 g/mol. The summed E-state index contributed by atoms with van der Waals surface area (Å²) in [7, 11) is 1.58. The highest BCUT2D eigenvalue weighted by molar-refractivity contribution is 9.10. The third kappa shape index (κ3) is 3.23. The third-order valence-electron chi connectivity index (χ3n) is 2.74. The van der Waals surface area contributed by atoms with Crippen LogP contribution in [0.4, 0.5) is 17.1 Å². The number of benzene rings is 2. The first-order chi connectivity index (χ1) is 9.51. The fourth-order valence-electron chi connectivity index (χ4n) is 1.69. The monoisotopic (exact) mass is 353 g/mol. The molecule has 0 fully saturated rings. The Morgan fingerprint density at radius 3 is 2.65 bits per heavy atom. The number of hydrogen-bond acceptors (Lipinski definition) is 3. The molecule has 0 aromatic heterocycles. The van der Waals surface area contributed by atoms with Crippen LogP contribution in [0.25, 0.3) is 0 Å². The van der Waals surface area contributed by atoms with E-state index in [0.717, 1.165) is 10.2 Å². The lowest BCUT2D eigenvalue weighted by molar-refractivity contribution is 0.0963. The lowest BCUT2D eigenvalue weighted by atomic mass is 10.1. The SMILES string of the molecule is CNC(=O)c1ccc(N)c(Nc2cc(Cl)ccc2Br)c1. The Morgan fingerprint density at radius 1 is 1.20 bits per heavy atom. The van der Waals surface area contributed by atoms with E-state index in [0.29, 0.717) is 22.0 Å². The van der Waals surface area contributed by atoms with Crippen molar-refractivity contribution in [2.75, 3.05) is 18.1 Å². The molecule has 104 valence electrons. The molecular formula is C14H13BrClN3O. The van der Waals surface area contributed by atoms with Gasteiger partial charge < -0.3 is 16.4 Å². The van der Waals surface area contributed by atoms with E-state index in [9.17, 15) is 4.79 Å². The molecule has 2 aromatic carbocycles. The molecule has 1 amide bonds. The Morgan fingerprint density at radius 2 is 1.95 bits per heavy atom. The molecular weight excluding hydrogens is 342 g/mol. The minimum Gasteiger partial charge on any atom is -0.397 e. The first-order valence-electron chi connectivity index (χ1n) is 5.85. The number of halogens is 2. The third-order valence-corrected chi connectivity index (χ3v) is 3.67. The van der Waals surface area contributed by atoms with Crippen LogP contribution in [0.15, 0.2) is 40.9 Å².